The van der Waals surface area contributed by atoms with Crippen molar-refractivity contribution in [3.8, 4) is 5.75 Å². The largest absolute Gasteiger partial charge is 0.507 e. The molecule has 1 atom stereocenters. The van der Waals surface area contributed by atoms with Crippen LogP contribution in [0.3, 0.4) is 0 Å². The summed E-state index contributed by atoms with van der Waals surface area (Å²) in [7, 11) is 0. The van der Waals surface area contributed by atoms with Crippen molar-refractivity contribution in [3.05, 3.63) is 28.2 Å². The van der Waals surface area contributed by atoms with Crippen molar-refractivity contribution in [2.24, 2.45) is 5.92 Å². The van der Waals surface area contributed by atoms with E-state index in [1.165, 1.54) is 6.07 Å². The number of halogens is 2. The van der Waals surface area contributed by atoms with E-state index in [0.29, 0.717) is 18.3 Å². The van der Waals surface area contributed by atoms with E-state index in [1.807, 2.05) is 6.92 Å². The van der Waals surface area contributed by atoms with E-state index in [2.05, 4.69) is 21.2 Å². The van der Waals surface area contributed by atoms with Crippen LogP contribution < -0.4 is 5.32 Å². The summed E-state index contributed by atoms with van der Waals surface area (Å²) < 4.78 is 0.759. The van der Waals surface area contributed by atoms with Crippen LogP contribution in [0.4, 0.5) is 0 Å². The molecule has 0 aliphatic rings. The summed E-state index contributed by atoms with van der Waals surface area (Å²) in [5.41, 5.74) is 0.275. The number of carbonyl (C=O) groups excluding carboxylic acids is 1. The third-order valence-corrected chi connectivity index (χ3v) is 3.13. The molecular weight excluding hydrogens is 305 g/mol. The summed E-state index contributed by atoms with van der Waals surface area (Å²) >= 11 is 8.88. The molecule has 0 saturated carbocycles. The number of phenolic OH excluding ortho intramolecular Hbond substituents is 1. The van der Waals surface area contributed by atoms with Crippen molar-refractivity contribution in [1.82, 2.24) is 5.32 Å². The van der Waals surface area contributed by atoms with Gasteiger partial charge in [-0.2, -0.15) is 0 Å². The first-order chi connectivity index (χ1) is 8.04. The van der Waals surface area contributed by atoms with Gasteiger partial charge < -0.3 is 10.4 Å². The maximum Gasteiger partial charge on any atom is 0.255 e. The summed E-state index contributed by atoms with van der Waals surface area (Å²) in [6, 6.07) is 4.76. The van der Waals surface area contributed by atoms with Gasteiger partial charge in [-0.3, -0.25) is 4.79 Å². The summed E-state index contributed by atoms with van der Waals surface area (Å²) in [4.78, 5) is 11.8. The van der Waals surface area contributed by atoms with Crippen LogP contribution >= 0.6 is 27.5 Å². The van der Waals surface area contributed by atoms with Crippen LogP contribution in [0.25, 0.3) is 0 Å². The Morgan fingerprint density at radius 2 is 2.29 bits per heavy atom. The molecule has 0 fully saturated rings. The highest BCUT2D eigenvalue weighted by Gasteiger charge is 2.12. The lowest BCUT2D eigenvalue weighted by Crippen LogP contribution is -2.28. The van der Waals surface area contributed by atoms with Crippen LogP contribution in [0, 0.1) is 5.92 Å². The lowest BCUT2D eigenvalue weighted by Gasteiger charge is -2.11. The third kappa shape index (κ3) is 4.56. The van der Waals surface area contributed by atoms with E-state index in [4.69, 9.17) is 11.6 Å². The van der Waals surface area contributed by atoms with Crippen molar-refractivity contribution in [2.75, 3.05) is 12.4 Å². The van der Waals surface area contributed by atoms with Crippen molar-refractivity contribution >= 4 is 33.4 Å². The van der Waals surface area contributed by atoms with Crippen molar-refractivity contribution in [1.29, 1.82) is 0 Å². The standard InChI is InChI=1S/C12H15BrClNO2/c1-8(4-5-14)7-15-12(17)10-6-9(13)2-3-11(10)16/h2-3,6,8,16H,4-5,7H2,1H3,(H,15,17). The molecule has 0 bridgehead atoms. The first-order valence-corrected chi connectivity index (χ1v) is 6.70. The first kappa shape index (κ1) is 14.3. The van der Waals surface area contributed by atoms with Crippen LogP contribution in [-0.4, -0.2) is 23.4 Å². The molecule has 0 spiro atoms. The molecule has 1 aromatic carbocycles. The van der Waals surface area contributed by atoms with Gasteiger partial charge in [0, 0.05) is 16.9 Å². The van der Waals surface area contributed by atoms with Gasteiger partial charge in [-0.05, 0) is 30.5 Å². The molecule has 0 saturated heterocycles. The highest BCUT2D eigenvalue weighted by Crippen LogP contribution is 2.21. The molecule has 2 N–H and O–H groups in total. The zero-order valence-corrected chi connectivity index (χ0v) is 11.9. The number of phenols is 1. The number of rotatable bonds is 5. The molecule has 1 unspecified atom stereocenters. The predicted octanol–water partition coefficient (Wildman–Crippen LogP) is 3.15. The fourth-order valence-electron chi connectivity index (χ4n) is 1.34. The van der Waals surface area contributed by atoms with Gasteiger partial charge in [0.25, 0.3) is 5.91 Å². The van der Waals surface area contributed by atoms with E-state index in [-0.39, 0.29) is 17.2 Å². The van der Waals surface area contributed by atoms with Crippen LogP contribution in [0.5, 0.6) is 5.75 Å². The van der Waals surface area contributed by atoms with Gasteiger partial charge in [0.15, 0.2) is 0 Å². The summed E-state index contributed by atoms with van der Waals surface area (Å²) in [6.07, 6.45) is 0.853. The maximum atomic E-state index is 11.8. The molecule has 17 heavy (non-hydrogen) atoms. The highest BCUT2D eigenvalue weighted by molar-refractivity contribution is 9.10. The number of nitrogens with one attached hydrogen (secondary N) is 1. The van der Waals surface area contributed by atoms with Gasteiger partial charge in [0.05, 0.1) is 5.56 Å². The quantitative estimate of drug-likeness (QED) is 0.819. The monoisotopic (exact) mass is 319 g/mol. The summed E-state index contributed by atoms with van der Waals surface area (Å²) in [6.45, 7) is 2.57. The lowest BCUT2D eigenvalue weighted by molar-refractivity contribution is 0.0945. The van der Waals surface area contributed by atoms with Gasteiger partial charge in [-0.15, -0.1) is 11.6 Å². The average molecular weight is 321 g/mol. The zero-order valence-electron chi connectivity index (χ0n) is 9.54. The Bertz CT molecular complexity index is 398. The minimum atomic E-state index is -0.273. The molecule has 0 aliphatic carbocycles. The van der Waals surface area contributed by atoms with Crippen molar-refractivity contribution in [3.63, 3.8) is 0 Å². The van der Waals surface area contributed by atoms with Gasteiger partial charge in [0.2, 0.25) is 0 Å². The van der Waals surface area contributed by atoms with Crippen LogP contribution in [-0.2, 0) is 0 Å². The summed E-state index contributed by atoms with van der Waals surface area (Å²) in [5.74, 6) is 0.616. The van der Waals surface area contributed by atoms with Gasteiger partial charge in [-0.1, -0.05) is 22.9 Å². The van der Waals surface area contributed by atoms with E-state index in [0.717, 1.165) is 10.9 Å². The van der Waals surface area contributed by atoms with E-state index in [9.17, 15) is 9.90 Å². The molecule has 5 heteroatoms. The topological polar surface area (TPSA) is 49.3 Å². The van der Waals surface area contributed by atoms with Gasteiger partial charge in [0.1, 0.15) is 5.75 Å². The van der Waals surface area contributed by atoms with Crippen LogP contribution in [0.2, 0.25) is 0 Å². The molecule has 0 aliphatic heterocycles. The molecule has 1 rings (SSSR count). The molecule has 94 valence electrons. The Morgan fingerprint density at radius 3 is 2.94 bits per heavy atom. The second-order valence-electron chi connectivity index (χ2n) is 3.95. The molecule has 0 heterocycles. The Balaban J connectivity index is 2.61. The maximum absolute atomic E-state index is 11.8. The second kappa shape index (κ2) is 6.87. The number of amides is 1. The van der Waals surface area contributed by atoms with E-state index in [1.54, 1.807) is 12.1 Å². The minimum absolute atomic E-state index is 0.0179. The van der Waals surface area contributed by atoms with Crippen molar-refractivity contribution < 1.29 is 9.90 Å². The van der Waals surface area contributed by atoms with Gasteiger partial charge >= 0.3 is 0 Å². The third-order valence-electron chi connectivity index (χ3n) is 2.42. The second-order valence-corrected chi connectivity index (χ2v) is 5.25. The first-order valence-electron chi connectivity index (χ1n) is 5.37. The molecule has 0 radical (unpaired) electrons. The number of hydrogen-bond acceptors (Lipinski definition) is 2. The number of alkyl halides is 1. The molecule has 0 aromatic heterocycles. The summed E-state index contributed by atoms with van der Waals surface area (Å²) in [5, 5.41) is 12.3. The normalized spacial score (nSPS) is 12.2. The number of carbonyl (C=O) groups is 1. The van der Waals surface area contributed by atoms with Crippen LogP contribution in [0.15, 0.2) is 22.7 Å². The van der Waals surface area contributed by atoms with Gasteiger partial charge in [-0.25, -0.2) is 0 Å². The predicted molar refractivity (Wildman–Crippen MR) is 72.6 cm³/mol. The molecule has 1 amide bonds. The molecule has 1 aromatic rings. The van der Waals surface area contributed by atoms with Crippen LogP contribution in [0.1, 0.15) is 23.7 Å². The lowest BCUT2D eigenvalue weighted by atomic mass is 10.1. The number of benzene rings is 1. The average Bonchev–Trinajstić information content (AvgIpc) is 2.29. The Hall–Kier alpha value is -0.740. The van der Waals surface area contributed by atoms with E-state index < -0.39 is 0 Å². The SMILES string of the molecule is CC(CCCl)CNC(=O)c1cc(Br)ccc1O. The number of aromatic hydroxyl groups is 1. The smallest absolute Gasteiger partial charge is 0.255 e. The number of hydrogen-bond donors (Lipinski definition) is 2. The molecular formula is C12H15BrClNO2. The highest BCUT2D eigenvalue weighted by atomic mass is 79.9. The molecule has 3 nitrogen and oxygen atoms in total. The Kier molecular flexibility index (Phi) is 5.78. The van der Waals surface area contributed by atoms with E-state index >= 15 is 0 Å². The minimum Gasteiger partial charge on any atom is -0.507 e. The Labute approximate surface area is 114 Å². The Morgan fingerprint density at radius 1 is 1.59 bits per heavy atom. The zero-order chi connectivity index (χ0) is 12.8. The van der Waals surface area contributed by atoms with Crippen molar-refractivity contribution in [2.45, 2.75) is 13.3 Å². The fourth-order valence-corrected chi connectivity index (χ4v) is 2.07. The fraction of sp³-hybridized carbons (Fsp3) is 0.417.